The van der Waals surface area contributed by atoms with Crippen molar-refractivity contribution in [2.24, 2.45) is 7.05 Å². The third-order valence-electron chi connectivity index (χ3n) is 2.06. The van der Waals surface area contributed by atoms with Gasteiger partial charge in [0, 0.05) is 7.05 Å². The summed E-state index contributed by atoms with van der Waals surface area (Å²) >= 11 is 0. The first-order valence-corrected chi connectivity index (χ1v) is 3.93. The second kappa shape index (κ2) is 2.48. The molecular formula is C8H12N2O2. The lowest BCUT2D eigenvalue weighted by molar-refractivity contribution is 0.357. The number of hydrogen-bond donors (Lipinski definition) is 0. The Kier molecular flexibility index (Phi) is 1.58. The van der Waals surface area contributed by atoms with Crippen molar-refractivity contribution in [3.63, 3.8) is 0 Å². The van der Waals surface area contributed by atoms with E-state index in [2.05, 4.69) is 5.10 Å². The number of hydrogen-bond acceptors (Lipinski definition) is 3. The summed E-state index contributed by atoms with van der Waals surface area (Å²) in [5.41, 5.74) is 2.09. The summed E-state index contributed by atoms with van der Waals surface area (Å²) in [5, 5.41) is 4.25. The van der Waals surface area contributed by atoms with Crippen LogP contribution in [-0.4, -0.2) is 23.5 Å². The number of nitrogens with zero attached hydrogens (tertiary/aromatic N) is 2. The molecule has 0 aliphatic carbocycles. The molecule has 1 unspecified atom stereocenters. The predicted octanol–water partition coefficient (Wildman–Crippen LogP) is 0.808. The fourth-order valence-corrected chi connectivity index (χ4v) is 1.48. The molecule has 1 saturated heterocycles. The maximum absolute atomic E-state index is 5.22. The summed E-state index contributed by atoms with van der Waals surface area (Å²) in [4.78, 5) is 0. The summed E-state index contributed by atoms with van der Waals surface area (Å²) in [6.07, 6.45) is 0.216. The van der Waals surface area contributed by atoms with Crippen LogP contribution in [0.3, 0.4) is 0 Å². The van der Waals surface area contributed by atoms with Crippen molar-refractivity contribution in [2.45, 2.75) is 13.0 Å². The van der Waals surface area contributed by atoms with E-state index in [9.17, 15) is 0 Å². The van der Waals surface area contributed by atoms with Gasteiger partial charge in [0.25, 0.3) is 0 Å². The van der Waals surface area contributed by atoms with Crippen molar-refractivity contribution in [1.82, 2.24) is 9.78 Å². The first-order valence-electron chi connectivity index (χ1n) is 3.93. The molecule has 4 heteroatoms. The van der Waals surface area contributed by atoms with Crippen LogP contribution in [0.4, 0.5) is 0 Å². The first-order chi connectivity index (χ1) is 5.74. The van der Waals surface area contributed by atoms with Crippen molar-refractivity contribution in [3.05, 3.63) is 11.3 Å². The van der Waals surface area contributed by atoms with E-state index in [0.717, 1.165) is 23.7 Å². The first kappa shape index (κ1) is 7.61. The summed E-state index contributed by atoms with van der Waals surface area (Å²) in [5.74, 6) is 0.815. The van der Waals surface area contributed by atoms with Crippen LogP contribution < -0.4 is 4.74 Å². The molecule has 0 bridgehead atoms. The zero-order valence-corrected chi connectivity index (χ0v) is 7.50. The fourth-order valence-electron chi connectivity index (χ4n) is 1.48. The lowest BCUT2D eigenvalue weighted by Crippen LogP contribution is -1.96. The van der Waals surface area contributed by atoms with Crippen molar-refractivity contribution < 1.29 is 9.47 Å². The molecule has 1 aliphatic heterocycles. The molecule has 1 fully saturated rings. The van der Waals surface area contributed by atoms with E-state index in [1.807, 2.05) is 14.0 Å². The molecule has 0 N–H and O–H groups in total. The SMILES string of the molecule is COc1c(C2CO2)c(C)nn1C. The van der Waals surface area contributed by atoms with Gasteiger partial charge < -0.3 is 9.47 Å². The minimum Gasteiger partial charge on any atom is -0.481 e. The Labute approximate surface area is 71.1 Å². The number of ether oxygens (including phenoxy) is 2. The molecule has 4 nitrogen and oxygen atoms in total. The maximum atomic E-state index is 5.22. The molecule has 1 aromatic rings. The fraction of sp³-hybridized carbons (Fsp3) is 0.625. The van der Waals surface area contributed by atoms with Gasteiger partial charge in [-0.05, 0) is 6.92 Å². The van der Waals surface area contributed by atoms with E-state index in [1.165, 1.54) is 0 Å². The van der Waals surface area contributed by atoms with Crippen LogP contribution in [0.5, 0.6) is 5.88 Å². The summed E-state index contributed by atoms with van der Waals surface area (Å²) in [6, 6.07) is 0. The smallest absolute Gasteiger partial charge is 0.217 e. The minimum absolute atomic E-state index is 0.216. The van der Waals surface area contributed by atoms with Gasteiger partial charge in [0.15, 0.2) is 0 Å². The van der Waals surface area contributed by atoms with Crippen LogP contribution in [0.1, 0.15) is 17.4 Å². The van der Waals surface area contributed by atoms with Crippen LogP contribution in [0.2, 0.25) is 0 Å². The third-order valence-corrected chi connectivity index (χ3v) is 2.06. The Morgan fingerprint density at radius 2 is 2.33 bits per heavy atom. The number of aryl methyl sites for hydroxylation is 2. The molecule has 2 heterocycles. The number of rotatable bonds is 2. The van der Waals surface area contributed by atoms with Gasteiger partial charge in [0.05, 0.1) is 25.0 Å². The monoisotopic (exact) mass is 168 g/mol. The number of methoxy groups -OCH3 is 1. The highest BCUT2D eigenvalue weighted by Crippen LogP contribution is 2.37. The van der Waals surface area contributed by atoms with Crippen LogP contribution >= 0.6 is 0 Å². The van der Waals surface area contributed by atoms with Gasteiger partial charge in [-0.1, -0.05) is 0 Å². The minimum atomic E-state index is 0.216. The van der Waals surface area contributed by atoms with Crippen LogP contribution in [0.15, 0.2) is 0 Å². The molecule has 1 atom stereocenters. The molecule has 0 spiro atoms. The molecule has 12 heavy (non-hydrogen) atoms. The summed E-state index contributed by atoms with van der Waals surface area (Å²) in [6.45, 7) is 2.77. The Hall–Kier alpha value is -1.03. The maximum Gasteiger partial charge on any atom is 0.217 e. The highest BCUT2D eigenvalue weighted by atomic mass is 16.6. The Morgan fingerprint density at radius 1 is 1.67 bits per heavy atom. The van der Waals surface area contributed by atoms with E-state index < -0.39 is 0 Å². The lowest BCUT2D eigenvalue weighted by Gasteiger charge is -2.00. The van der Waals surface area contributed by atoms with Gasteiger partial charge in [-0.2, -0.15) is 5.10 Å². The van der Waals surface area contributed by atoms with Crippen molar-refractivity contribution in [1.29, 1.82) is 0 Å². The van der Waals surface area contributed by atoms with Crippen LogP contribution in [0, 0.1) is 6.92 Å². The van der Waals surface area contributed by atoms with Gasteiger partial charge in [0.2, 0.25) is 5.88 Å². The van der Waals surface area contributed by atoms with Crippen molar-refractivity contribution >= 4 is 0 Å². The molecule has 66 valence electrons. The van der Waals surface area contributed by atoms with Gasteiger partial charge in [-0.25, -0.2) is 4.68 Å². The zero-order chi connectivity index (χ0) is 8.72. The lowest BCUT2D eigenvalue weighted by atomic mass is 10.2. The van der Waals surface area contributed by atoms with Crippen molar-refractivity contribution in [2.75, 3.05) is 13.7 Å². The largest absolute Gasteiger partial charge is 0.481 e. The van der Waals surface area contributed by atoms with Crippen LogP contribution in [-0.2, 0) is 11.8 Å². The molecule has 0 amide bonds. The van der Waals surface area contributed by atoms with Crippen LogP contribution in [0.25, 0.3) is 0 Å². The quantitative estimate of drug-likeness (QED) is 0.613. The predicted molar refractivity (Wildman–Crippen MR) is 43.2 cm³/mol. The Balaban J connectivity index is 2.47. The topological polar surface area (TPSA) is 39.6 Å². The standard InChI is InChI=1S/C8H12N2O2/c1-5-7(6-4-12-6)8(11-3)10(2)9-5/h6H,4H2,1-3H3. The number of epoxide rings is 1. The van der Waals surface area contributed by atoms with E-state index in [1.54, 1.807) is 11.8 Å². The average Bonchev–Trinajstić information content (AvgIpc) is 2.78. The molecular weight excluding hydrogens is 156 g/mol. The second-order valence-electron chi connectivity index (χ2n) is 2.95. The zero-order valence-electron chi connectivity index (χ0n) is 7.50. The molecule has 0 aromatic carbocycles. The number of aromatic nitrogens is 2. The molecule has 2 rings (SSSR count). The normalized spacial score (nSPS) is 21.1. The molecule has 1 aromatic heterocycles. The van der Waals surface area contributed by atoms with E-state index in [0.29, 0.717) is 0 Å². The highest BCUT2D eigenvalue weighted by Gasteiger charge is 2.32. The second-order valence-corrected chi connectivity index (χ2v) is 2.95. The molecule has 1 aliphatic rings. The van der Waals surface area contributed by atoms with E-state index >= 15 is 0 Å². The summed E-state index contributed by atoms with van der Waals surface area (Å²) in [7, 11) is 3.53. The average molecular weight is 168 g/mol. The highest BCUT2D eigenvalue weighted by molar-refractivity contribution is 5.35. The van der Waals surface area contributed by atoms with Gasteiger partial charge in [-0.3, -0.25) is 0 Å². The Bertz CT molecular complexity index is 302. The van der Waals surface area contributed by atoms with Crippen molar-refractivity contribution in [3.8, 4) is 5.88 Å². The third kappa shape index (κ3) is 0.992. The van der Waals surface area contributed by atoms with Gasteiger partial charge in [0.1, 0.15) is 6.10 Å². The van der Waals surface area contributed by atoms with Gasteiger partial charge >= 0.3 is 0 Å². The Morgan fingerprint density at radius 3 is 2.83 bits per heavy atom. The van der Waals surface area contributed by atoms with E-state index in [-0.39, 0.29) is 6.10 Å². The molecule has 0 saturated carbocycles. The van der Waals surface area contributed by atoms with Gasteiger partial charge in [-0.15, -0.1) is 0 Å². The summed E-state index contributed by atoms with van der Waals surface area (Å²) < 4.78 is 12.2. The van der Waals surface area contributed by atoms with E-state index in [4.69, 9.17) is 9.47 Å². The molecule has 0 radical (unpaired) electrons.